The van der Waals surface area contributed by atoms with E-state index in [1.54, 1.807) is 4.90 Å². The van der Waals surface area contributed by atoms with Crippen LogP contribution in [0.2, 0.25) is 0 Å². The fraction of sp³-hybridized carbons (Fsp3) is 0.421. The molecule has 6 heteroatoms. The molecule has 5 N–H and O–H groups in total. The highest BCUT2D eigenvalue weighted by Crippen LogP contribution is 2.45. The highest BCUT2D eigenvalue weighted by atomic mass is 16.2. The van der Waals surface area contributed by atoms with Gasteiger partial charge in [0.25, 0.3) is 0 Å². The topological polar surface area (TPSA) is 82.4 Å². The van der Waals surface area contributed by atoms with Crippen LogP contribution in [0.4, 0.5) is 10.5 Å². The lowest BCUT2D eigenvalue weighted by molar-refractivity contribution is 0.244. The Kier molecular flexibility index (Phi) is 4.01. The van der Waals surface area contributed by atoms with Gasteiger partial charge in [-0.25, -0.2) is 4.79 Å². The fourth-order valence-corrected chi connectivity index (χ4v) is 3.57. The van der Waals surface area contributed by atoms with Gasteiger partial charge in [0.15, 0.2) is 0 Å². The SMILES string of the molecule is CC1=CC2=CN(c3ccc(C4(NCCCN)CC4)cc3)C(=O)NC2N1. The van der Waals surface area contributed by atoms with E-state index in [9.17, 15) is 4.79 Å². The number of nitrogens with zero attached hydrogens (tertiary/aromatic N) is 1. The molecule has 0 radical (unpaired) electrons. The number of carbonyl (C=O) groups excluding carboxylic acids is 1. The molecule has 1 atom stereocenters. The van der Waals surface area contributed by atoms with Gasteiger partial charge in [-0.15, -0.1) is 0 Å². The van der Waals surface area contributed by atoms with Crippen LogP contribution in [0, 0.1) is 0 Å². The zero-order valence-electron chi connectivity index (χ0n) is 14.5. The molecule has 0 bridgehead atoms. The number of nitrogens with two attached hydrogens (primary N) is 1. The molecule has 4 rings (SSSR count). The van der Waals surface area contributed by atoms with E-state index < -0.39 is 0 Å². The minimum Gasteiger partial charge on any atom is -0.365 e. The van der Waals surface area contributed by atoms with Crippen LogP contribution >= 0.6 is 0 Å². The van der Waals surface area contributed by atoms with Crippen LogP contribution in [0.5, 0.6) is 0 Å². The van der Waals surface area contributed by atoms with Crippen molar-refractivity contribution >= 4 is 11.7 Å². The normalized spacial score (nSPS) is 23.4. The minimum atomic E-state index is -0.112. The lowest BCUT2D eigenvalue weighted by Gasteiger charge is -2.29. The van der Waals surface area contributed by atoms with Crippen LogP contribution in [0.15, 0.2) is 47.8 Å². The van der Waals surface area contributed by atoms with Crippen molar-refractivity contribution in [3.63, 3.8) is 0 Å². The Hall–Kier alpha value is -2.31. The third-order valence-corrected chi connectivity index (χ3v) is 5.15. The van der Waals surface area contributed by atoms with Gasteiger partial charge in [0, 0.05) is 23.0 Å². The number of rotatable bonds is 6. The molecule has 0 saturated heterocycles. The van der Waals surface area contributed by atoms with Crippen LogP contribution in [-0.4, -0.2) is 25.3 Å². The van der Waals surface area contributed by atoms with Crippen molar-refractivity contribution in [2.24, 2.45) is 5.73 Å². The van der Waals surface area contributed by atoms with Gasteiger partial charge in [0.05, 0.1) is 5.69 Å². The number of anilines is 1. The number of amides is 2. The smallest absolute Gasteiger partial charge is 0.327 e. The van der Waals surface area contributed by atoms with E-state index >= 15 is 0 Å². The van der Waals surface area contributed by atoms with Crippen LogP contribution in [-0.2, 0) is 5.54 Å². The van der Waals surface area contributed by atoms with E-state index in [-0.39, 0.29) is 17.7 Å². The summed E-state index contributed by atoms with van der Waals surface area (Å²) in [4.78, 5) is 14.1. The largest absolute Gasteiger partial charge is 0.365 e. The van der Waals surface area contributed by atoms with E-state index in [1.165, 1.54) is 5.56 Å². The summed E-state index contributed by atoms with van der Waals surface area (Å²) in [6.45, 7) is 3.65. The molecule has 1 aromatic rings. The third-order valence-electron chi connectivity index (χ3n) is 5.15. The van der Waals surface area contributed by atoms with Crippen molar-refractivity contribution in [1.29, 1.82) is 0 Å². The number of benzene rings is 1. The van der Waals surface area contributed by atoms with Gasteiger partial charge in [-0.05, 0) is 63.0 Å². The van der Waals surface area contributed by atoms with Gasteiger partial charge < -0.3 is 21.7 Å². The summed E-state index contributed by atoms with van der Waals surface area (Å²) in [6, 6.07) is 8.19. The Morgan fingerprint density at radius 3 is 2.72 bits per heavy atom. The molecule has 1 fully saturated rings. The molecule has 3 aliphatic rings. The molecule has 0 spiro atoms. The average Bonchev–Trinajstić information content (AvgIpc) is 3.30. The van der Waals surface area contributed by atoms with Gasteiger partial charge in [0.2, 0.25) is 0 Å². The second kappa shape index (κ2) is 6.20. The summed E-state index contributed by atoms with van der Waals surface area (Å²) < 4.78 is 0. The van der Waals surface area contributed by atoms with Gasteiger partial charge in [0.1, 0.15) is 6.17 Å². The number of hydrogen-bond donors (Lipinski definition) is 4. The quantitative estimate of drug-likeness (QED) is 0.596. The Bertz CT molecular complexity index is 733. The van der Waals surface area contributed by atoms with Crippen molar-refractivity contribution in [3.8, 4) is 0 Å². The zero-order chi connectivity index (χ0) is 17.4. The second-order valence-corrected chi connectivity index (χ2v) is 7.05. The van der Waals surface area contributed by atoms with Crippen molar-refractivity contribution in [1.82, 2.24) is 16.0 Å². The van der Waals surface area contributed by atoms with Crippen molar-refractivity contribution in [2.75, 3.05) is 18.0 Å². The molecule has 1 saturated carbocycles. The fourth-order valence-electron chi connectivity index (χ4n) is 3.57. The summed E-state index contributed by atoms with van der Waals surface area (Å²) in [7, 11) is 0. The summed E-state index contributed by atoms with van der Waals surface area (Å²) in [5.74, 6) is 0. The highest BCUT2D eigenvalue weighted by molar-refractivity contribution is 5.96. The van der Waals surface area contributed by atoms with Crippen molar-refractivity contribution in [3.05, 3.63) is 53.4 Å². The highest BCUT2D eigenvalue weighted by Gasteiger charge is 2.43. The first-order chi connectivity index (χ1) is 12.1. The summed E-state index contributed by atoms with van der Waals surface area (Å²) in [5.41, 5.74) is 9.99. The van der Waals surface area contributed by atoms with E-state index in [0.717, 1.165) is 42.8 Å². The van der Waals surface area contributed by atoms with Crippen LogP contribution in [0.3, 0.4) is 0 Å². The minimum absolute atomic E-state index is 0.107. The molecule has 1 unspecified atom stereocenters. The van der Waals surface area contributed by atoms with Gasteiger partial charge in [-0.3, -0.25) is 4.90 Å². The van der Waals surface area contributed by atoms with Crippen molar-refractivity contribution < 1.29 is 4.79 Å². The second-order valence-electron chi connectivity index (χ2n) is 7.05. The third kappa shape index (κ3) is 3.03. The average molecular weight is 339 g/mol. The summed E-state index contributed by atoms with van der Waals surface area (Å²) >= 11 is 0. The lowest BCUT2D eigenvalue weighted by Crippen LogP contribution is -2.51. The summed E-state index contributed by atoms with van der Waals surface area (Å²) in [6.07, 6.45) is 7.17. The lowest BCUT2D eigenvalue weighted by atomic mass is 10.0. The van der Waals surface area contributed by atoms with Gasteiger partial charge in [-0.1, -0.05) is 12.1 Å². The first-order valence-electron chi connectivity index (χ1n) is 8.93. The van der Waals surface area contributed by atoms with E-state index in [0.29, 0.717) is 6.54 Å². The first-order valence-corrected chi connectivity index (χ1v) is 8.93. The predicted molar refractivity (Wildman–Crippen MR) is 98.8 cm³/mol. The molecule has 2 heterocycles. The Balaban J connectivity index is 1.52. The number of fused-ring (bicyclic) bond motifs is 1. The Labute approximate surface area is 148 Å². The Morgan fingerprint density at radius 2 is 2.04 bits per heavy atom. The monoisotopic (exact) mass is 339 g/mol. The molecule has 25 heavy (non-hydrogen) atoms. The first kappa shape index (κ1) is 16.2. The molecule has 1 aliphatic carbocycles. The Morgan fingerprint density at radius 1 is 1.28 bits per heavy atom. The van der Waals surface area contributed by atoms with E-state index in [4.69, 9.17) is 5.73 Å². The van der Waals surface area contributed by atoms with Crippen LogP contribution in [0.1, 0.15) is 31.7 Å². The molecule has 132 valence electrons. The molecule has 2 aliphatic heterocycles. The van der Waals surface area contributed by atoms with E-state index in [2.05, 4.69) is 34.2 Å². The van der Waals surface area contributed by atoms with Gasteiger partial charge >= 0.3 is 6.03 Å². The molecular formula is C19H25N5O. The number of nitrogens with one attached hydrogen (secondary N) is 3. The molecule has 6 nitrogen and oxygen atoms in total. The number of urea groups is 1. The molecular weight excluding hydrogens is 314 g/mol. The predicted octanol–water partition coefficient (Wildman–Crippen LogP) is 1.86. The maximum Gasteiger partial charge on any atom is 0.327 e. The number of hydrogen-bond acceptors (Lipinski definition) is 4. The van der Waals surface area contributed by atoms with Crippen LogP contribution < -0.4 is 26.6 Å². The summed E-state index contributed by atoms with van der Waals surface area (Å²) in [5, 5.41) is 9.85. The number of carbonyl (C=O) groups is 1. The number of allylic oxidation sites excluding steroid dienone is 1. The molecule has 0 aromatic heterocycles. The standard InChI is InChI=1S/C19H25N5O/c1-13-11-14-12-24(18(25)23-17(14)22-13)16-5-3-15(4-6-16)19(7-8-19)21-10-2-9-20/h3-6,11-12,17,21-22H,2,7-10,20H2,1H3,(H,23,25). The van der Waals surface area contributed by atoms with Crippen molar-refractivity contribution in [2.45, 2.75) is 37.9 Å². The maximum atomic E-state index is 12.4. The zero-order valence-corrected chi connectivity index (χ0v) is 14.5. The van der Waals surface area contributed by atoms with E-state index in [1.807, 2.05) is 25.3 Å². The molecule has 2 amide bonds. The molecule has 1 aromatic carbocycles. The maximum absolute atomic E-state index is 12.4. The van der Waals surface area contributed by atoms with Crippen LogP contribution in [0.25, 0.3) is 0 Å². The van der Waals surface area contributed by atoms with Gasteiger partial charge in [-0.2, -0.15) is 0 Å².